The van der Waals surface area contributed by atoms with Crippen LogP contribution in [0.3, 0.4) is 0 Å². The molecule has 1 aliphatic rings. The van der Waals surface area contributed by atoms with Crippen LogP contribution in [0.25, 0.3) is 0 Å². The molecule has 1 aliphatic carbocycles. The van der Waals surface area contributed by atoms with Crippen LogP contribution in [-0.2, 0) is 4.79 Å². The SMILES string of the molecule is C=CN(CC1CC1(C)CCC=C(C)C)C(=O)C=C(C)C. The van der Waals surface area contributed by atoms with Crippen molar-refractivity contribution in [3.05, 3.63) is 36.1 Å². The molecule has 0 aliphatic heterocycles. The summed E-state index contributed by atoms with van der Waals surface area (Å²) < 4.78 is 0. The molecule has 1 saturated carbocycles. The topological polar surface area (TPSA) is 20.3 Å². The summed E-state index contributed by atoms with van der Waals surface area (Å²) in [5.41, 5.74) is 2.82. The Morgan fingerprint density at radius 1 is 1.30 bits per heavy atom. The van der Waals surface area contributed by atoms with Gasteiger partial charge >= 0.3 is 0 Å². The summed E-state index contributed by atoms with van der Waals surface area (Å²) in [5, 5.41) is 0. The van der Waals surface area contributed by atoms with Crippen molar-refractivity contribution in [2.24, 2.45) is 11.3 Å². The molecule has 2 heteroatoms. The Kier molecular flexibility index (Phi) is 5.79. The van der Waals surface area contributed by atoms with Crippen LogP contribution >= 0.6 is 0 Å². The first-order valence-corrected chi connectivity index (χ1v) is 7.50. The van der Waals surface area contributed by atoms with Crippen molar-refractivity contribution >= 4 is 5.91 Å². The fourth-order valence-corrected chi connectivity index (χ4v) is 2.61. The third-order valence-electron chi connectivity index (χ3n) is 4.14. The summed E-state index contributed by atoms with van der Waals surface area (Å²) in [6.45, 7) is 15.1. The van der Waals surface area contributed by atoms with E-state index in [9.17, 15) is 4.79 Å². The second-order valence-electron chi connectivity index (χ2n) is 6.77. The van der Waals surface area contributed by atoms with Gasteiger partial charge in [-0.25, -0.2) is 0 Å². The molecule has 1 amide bonds. The highest BCUT2D eigenvalue weighted by molar-refractivity contribution is 5.88. The zero-order valence-corrected chi connectivity index (χ0v) is 13.7. The van der Waals surface area contributed by atoms with Crippen LogP contribution in [0, 0.1) is 11.3 Å². The van der Waals surface area contributed by atoms with Crippen LogP contribution in [0.15, 0.2) is 36.1 Å². The summed E-state index contributed by atoms with van der Waals surface area (Å²) in [7, 11) is 0. The van der Waals surface area contributed by atoms with Crippen molar-refractivity contribution in [2.75, 3.05) is 6.54 Å². The molecule has 0 aromatic carbocycles. The lowest BCUT2D eigenvalue weighted by Gasteiger charge is -2.18. The monoisotopic (exact) mass is 275 g/mol. The predicted octanol–water partition coefficient (Wildman–Crippen LogP) is 4.70. The molecule has 0 bridgehead atoms. The Morgan fingerprint density at radius 3 is 2.45 bits per heavy atom. The molecule has 0 heterocycles. The zero-order valence-electron chi connectivity index (χ0n) is 13.7. The van der Waals surface area contributed by atoms with Gasteiger partial charge in [0.2, 0.25) is 5.91 Å². The van der Waals surface area contributed by atoms with E-state index in [0.29, 0.717) is 11.3 Å². The van der Waals surface area contributed by atoms with E-state index < -0.39 is 0 Å². The second kappa shape index (κ2) is 6.92. The molecule has 0 saturated heterocycles. The highest BCUT2D eigenvalue weighted by Gasteiger charge is 2.49. The van der Waals surface area contributed by atoms with Gasteiger partial charge in [0.1, 0.15) is 0 Å². The van der Waals surface area contributed by atoms with Crippen molar-refractivity contribution in [1.82, 2.24) is 4.90 Å². The van der Waals surface area contributed by atoms with Crippen molar-refractivity contribution < 1.29 is 4.79 Å². The molecule has 1 fully saturated rings. The zero-order chi connectivity index (χ0) is 15.3. The van der Waals surface area contributed by atoms with E-state index in [4.69, 9.17) is 0 Å². The van der Waals surface area contributed by atoms with Gasteiger partial charge in [0.15, 0.2) is 0 Å². The van der Waals surface area contributed by atoms with Crippen molar-refractivity contribution in [1.29, 1.82) is 0 Å². The second-order valence-corrected chi connectivity index (χ2v) is 6.77. The van der Waals surface area contributed by atoms with Crippen LogP contribution < -0.4 is 0 Å². The number of carbonyl (C=O) groups excluding carboxylic acids is 1. The Labute approximate surface area is 124 Å². The third-order valence-corrected chi connectivity index (χ3v) is 4.14. The van der Waals surface area contributed by atoms with Crippen LogP contribution in [-0.4, -0.2) is 17.4 Å². The van der Waals surface area contributed by atoms with Gasteiger partial charge in [0.05, 0.1) is 0 Å². The first-order valence-electron chi connectivity index (χ1n) is 7.50. The van der Waals surface area contributed by atoms with E-state index in [0.717, 1.165) is 18.5 Å². The maximum Gasteiger partial charge on any atom is 0.250 e. The first-order chi connectivity index (χ1) is 9.28. The maximum absolute atomic E-state index is 12.0. The summed E-state index contributed by atoms with van der Waals surface area (Å²) in [4.78, 5) is 13.8. The molecule has 2 unspecified atom stereocenters. The van der Waals surface area contributed by atoms with Crippen LogP contribution in [0.1, 0.15) is 53.9 Å². The number of amides is 1. The molecular weight excluding hydrogens is 246 g/mol. The van der Waals surface area contributed by atoms with E-state index in [-0.39, 0.29) is 5.91 Å². The molecule has 1 rings (SSSR count). The van der Waals surface area contributed by atoms with Gasteiger partial charge in [-0.3, -0.25) is 4.79 Å². The predicted molar refractivity (Wildman–Crippen MR) is 86.2 cm³/mol. The molecule has 112 valence electrons. The smallest absolute Gasteiger partial charge is 0.250 e. The lowest BCUT2D eigenvalue weighted by molar-refractivity contribution is -0.123. The quantitative estimate of drug-likeness (QED) is 0.487. The normalized spacial score (nSPS) is 23.8. The van der Waals surface area contributed by atoms with Crippen LogP contribution in [0.4, 0.5) is 0 Å². The number of allylic oxidation sites excluding steroid dienone is 3. The van der Waals surface area contributed by atoms with Crippen molar-refractivity contribution in [2.45, 2.75) is 53.9 Å². The standard InChI is InChI=1S/C18H29NO/c1-7-19(17(20)11-15(4)5)13-16-12-18(16,6)10-8-9-14(2)3/h7,9,11,16H,1,8,10,12-13H2,2-6H3. The molecule has 0 aromatic heterocycles. The molecule has 0 radical (unpaired) electrons. The summed E-state index contributed by atoms with van der Waals surface area (Å²) >= 11 is 0. The molecular formula is C18H29NO. The minimum atomic E-state index is 0.0542. The lowest BCUT2D eigenvalue weighted by atomic mass is 9.98. The Hall–Kier alpha value is -1.31. The van der Waals surface area contributed by atoms with Crippen molar-refractivity contribution in [3.8, 4) is 0 Å². The van der Waals surface area contributed by atoms with Gasteiger partial charge in [-0.1, -0.05) is 30.7 Å². The van der Waals surface area contributed by atoms with E-state index in [1.165, 1.54) is 18.4 Å². The Bertz CT molecular complexity index is 425. The summed E-state index contributed by atoms with van der Waals surface area (Å²) in [5.74, 6) is 0.666. The first kappa shape index (κ1) is 16.7. The number of hydrogen-bond acceptors (Lipinski definition) is 1. The minimum Gasteiger partial charge on any atom is -0.316 e. The number of hydrogen-bond donors (Lipinski definition) is 0. The summed E-state index contributed by atoms with van der Waals surface area (Å²) in [6.07, 6.45) is 9.23. The lowest BCUT2D eigenvalue weighted by Crippen LogP contribution is -2.27. The Morgan fingerprint density at radius 2 is 1.95 bits per heavy atom. The van der Waals surface area contributed by atoms with Gasteiger partial charge in [0, 0.05) is 12.6 Å². The molecule has 20 heavy (non-hydrogen) atoms. The number of rotatable bonds is 7. The highest BCUT2D eigenvalue weighted by atomic mass is 16.2. The molecule has 0 spiro atoms. The number of nitrogens with zero attached hydrogens (tertiary/aromatic N) is 1. The van der Waals surface area contributed by atoms with Gasteiger partial charge in [-0.15, -0.1) is 0 Å². The molecule has 2 atom stereocenters. The van der Waals surface area contributed by atoms with E-state index in [1.807, 2.05) is 13.8 Å². The molecule has 2 nitrogen and oxygen atoms in total. The highest BCUT2D eigenvalue weighted by Crippen LogP contribution is 2.55. The van der Waals surface area contributed by atoms with Gasteiger partial charge < -0.3 is 4.90 Å². The van der Waals surface area contributed by atoms with Gasteiger partial charge in [-0.05, 0) is 64.5 Å². The maximum atomic E-state index is 12.0. The van der Waals surface area contributed by atoms with E-state index >= 15 is 0 Å². The fourth-order valence-electron chi connectivity index (χ4n) is 2.61. The van der Waals surface area contributed by atoms with E-state index in [1.54, 1.807) is 17.2 Å². The van der Waals surface area contributed by atoms with Crippen LogP contribution in [0.2, 0.25) is 0 Å². The largest absolute Gasteiger partial charge is 0.316 e. The fraction of sp³-hybridized carbons (Fsp3) is 0.611. The van der Waals surface area contributed by atoms with Crippen molar-refractivity contribution in [3.63, 3.8) is 0 Å². The minimum absolute atomic E-state index is 0.0542. The van der Waals surface area contributed by atoms with E-state index in [2.05, 4.69) is 33.4 Å². The summed E-state index contributed by atoms with van der Waals surface area (Å²) in [6, 6.07) is 0. The van der Waals surface area contributed by atoms with Gasteiger partial charge in [0.25, 0.3) is 0 Å². The average Bonchev–Trinajstić information content (AvgIpc) is 2.95. The average molecular weight is 275 g/mol. The molecule has 0 aromatic rings. The number of carbonyl (C=O) groups is 1. The third kappa shape index (κ3) is 4.99. The van der Waals surface area contributed by atoms with Crippen LogP contribution in [0.5, 0.6) is 0 Å². The Balaban J connectivity index is 2.49. The van der Waals surface area contributed by atoms with Gasteiger partial charge in [-0.2, -0.15) is 0 Å². The molecule has 0 N–H and O–H groups in total.